The summed E-state index contributed by atoms with van der Waals surface area (Å²) in [7, 11) is 0. The van der Waals surface area contributed by atoms with E-state index in [1.807, 2.05) is 0 Å². The van der Waals surface area contributed by atoms with Crippen LogP contribution in [0.15, 0.2) is 0 Å². The average Bonchev–Trinajstić information content (AvgIpc) is 1.82. The van der Waals surface area contributed by atoms with Crippen LogP contribution in [0, 0.1) is 0 Å². The molecule has 6 heteroatoms. The highest BCUT2D eigenvalue weighted by Crippen LogP contribution is 1.93. The van der Waals surface area contributed by atoms with Crippen LogP contribution >= 0.6 is 24.0 Å². The van der Waals surface area contributed by atoms with Crippen LogP contribution in [0.25, 0.3) is 0 Å². The maximum absolute atomic E-state index is 9.99. The fraction of sp³-hybridized carbons (Fsp3) is 0.600. The van der Waals surface area contributed by atoms with Gasteiger partial charge in [-0.25, -0.2) is 0 Å². The van der Waals surface area contributed by atoms with E-state index in [9.17, 15) is 9.59 Å². The van der Waals surface area contributed by atoms with Crippen molar-refractivity contribution in [2.24, 2.45) is 5.73 Å². The molecule has 11 heavy (non-hydrogen) atoms. The Balaban J connectivity index is 0. The maximum Gasteiger partial charge on any atom is 0.320 e. The first kappa shape index (κ1) is 13.2. The van der Waals surface area contributed by atoms with E-state index in [2.05, 4.69) is 0 Å². The van der Waals surface area contributed by atoms with Gasteiger partial charge in [0.1, 0.15) is 6.04 Å². The highest BCUT2D eigenvalue weighted by Gasteiger charge is 2.12. The lowest BCUT2D eigenvalue weighted by Crippen LogP contribution is -2.30. The third kappa shape index (κ3) is 7.53. The second-order valence-corrected chi connectivity index (χ2v) is 1.88. The van der Waals surface area contributed by atoms with Crippen molar-refractivity contribution in [1.29, 1.82) is 0 Å². The zero-order chi connectivity index (χ0) is 8.15. The summed E-state index contributed by atoms with van der Waals surface area (Å²) >= 11 is 0. The first-order valence-corrected chi connectivity index (χ1v) is 2.74. The second-order valence-electron chi connectivity index (χ2n) is 1.88. The van der Waals surface area contributed by atoms with Crippen LogP contribution in [0.1, 0.15) is 12.8 Å². The van der Waals surface area contributed by atoms with Gasteiger partial charge in [0.2, 0.25) is 0 Å². The number of carboxylic acids is 2. The van der Waals surface area contributed by atoms with Gasteiger partial charge < -0.3 is 15.9 Å². The molecule has 0 amide bonds. The van der Waals surface area contributed by atoms with Gasteiger partial charge in [-0.2, -0.15) is 0 Å². The van der Waals surface area contributed by atoms with Crippen molar-refractivity contribution in [1.82, 2.24) is 0 Å². The van der Waals surface area contributed by atoms with Crippen molar-refractivity contribution >= 4 is 35.9 Å². The second kappa shape index (κ2) is 6.35. The SMILES string of the molecule is I.N[C@@H](CCC(=O)O)C(=O)O. The normalized spacial score (nSPS) is 11.4. The van der Waals surface area contributed by atoms with E-state index < -0.39 is 18.0 Å². The van der Waals surface area contributed by atoms with E-state index in [0.29, 0.717) is 0 Å². The van der Waals surface area contributed by atoms with Crippen LogP contribution in [0.4, 0.5) is 0 Å². The molecule has 0 unspecified atom stereocenters. The van der Waals surface area contributed by atoms with Crippen molar-refractivity contribution in [2.45, 2.75) is 18.9 Å². The Bertz CT molecular complexity index is 149. The van der Waals surface area contributed by atoms with Gasteiger partial charge in [-0.3, -0.25) is 9.59 Å². The fourth-order valence-corrected chi connectivity index (χ4v) is 0.402. The lowest BCUT2D eigenvalue weighted by molar-refractivity contribution is -0.139. The molecule has 0 saturated heterocycles. The molecular formula is C5H10INO4. The zero-order valence-electron chi connectivity index (χ0n) is 5.69. The molecule has 0 aromatic heterocycles. The van der Waals surface area contributed by atoms with E-state index in [-0.39, 0.29) is 36.8 Å². The number of hydrogen-bond acceptors (Lipinski definition) is 3. The van der Waals surface area contributed by atoms with Crippen molar-refractivity contribution in [3.05, 3.63) is 0 Å². The zero-order valence-corrected chi connectivity index (χ0v) is 8.02. The van der Waals surface area contributed by atoms with Crippen LogP contribution < -0.4 is 5.73 Å². The molecule has 5 nitrogen and oxygen atoms in total. The Morgan fingerprint density at radius 3 is 2.09 bits per heavy atom. The molecule has 0 aliphatic rings. The lowest BCUT2D eigenvalue weighted by Gasteiger charge is -2.01. The van der Waals surface area contributed by atoms with Gasteiger partial charge in [0, 0.05) is 6.42 Å². The Hall–Kier alpha value is -0.370. The third-order valence-electron chi connectivity index (χ3n) is 0.986. The minimum atomic E-state index is -1.17. The minimum absolute atomic E-state index is 0. The van der Waals surface area contributed by atoms with E-state index in [1.165, 1.54) is 0 Å². The number of halogens is 1. The summed E-state index contributed by atoms with van der Waals surface area (Å²) in [6, 6.07) is -1.06. The van der Waals surface area contributed by atoms with Gasteiger partial charge in [0.15, 0.2) is 0 Å². The van der Waals surface area contributed by atoms with Gasteiger partial charge in [-0.1, -0.05) is 0 Å². The Kier molecular flexibility index (Phi) is 7.64. The summed E-state index contributed by atoms with van der Waals surface area (Å²) in [6.07, 6.45) is -0.224. The molecular weight excluding hydrogens is 265 g/mol. The maximum atomic E-state index is 9.99. The molecule has 0 bridgehead atoms. The van der Waals surface area contributed by atoms with Gasteiger partial charge in [-0.05, 0) is 6.42 Å². The molecule has 4 N–H and O–H groups in total. The Labute approximate surface area is 80.6 Å². The molecule has 0 saturated carbocycles. The highest BCUT2D eigenvalue weighted by atomic mass is 127. The monoisotopic (exact) mass is 275 g/mol. The third-order valence-corrected chi connectivity index (χ3v) is 0.986. The predicted molar refractivity (Wildman–Crippen MR) is 47.9 cm³/mol. The van der Waals surface area contributed by atoms with Crippen LogP contribution in [-0.4, -0.2) is 28.2 Å². The molecule has 0 aliphatic carbocycles. The first-order chi connectivity index (χ1) is 4.54. The summed E-state index contributed by atoms with van der Waals surface area (Å²) in [5.74, 6) is -2.20. The number of hydrogen-bond donors (Lipinski definition) is 3. The molecule has 0 radical (unpaired) electrons. The van der Waals surface area contributed by atoms with E-state index >= 15 is 0 Å². The molecule has 0 aromatic carbocycles. The summed E-state index contributed by atoms with van der Waals surface area (Å²) in [4.78, 5) is 19.9. The summed E-state index contributed by atoms with van der Waals surface area (Å²) in [6.45, 7) is 0. The number of rotatable bonds is 4. The quantitative estimate of drug-likeness (QED) is 0.621. The number of nitrogens with two attached hydrogens (primary N) is 1. The summed E-state index contributed by atoms with van der Waals surface area (Å²) < 4.78 is 0. The number of aliphatic carboxylic acids is 2. The van der Waals surface area contributed by atoms with Crippen LogP contribution in [0.3, 0.4) is 0 Å². The Morgan fingerprint density at radius 1 is 1.36 bits per heavy atom. The molecule has 0 rings (SSSR count). The molecule has 1 atom stereocenters. The fourth-order valence-electron chi connectivity index (χ4n) is 0.402. The molecule has 0 spiro atoms. The molecule has 0 aliphatic heterocycles. The topological polar surface area (TPSA) is 101 Å². The lowest BCUT2D eigenvalue weighted by atomic mass is 10.2. The van der Waals surface area contributed by atoms with Crippen LogP contribution in [0.5, 0.6) is 0 Å². The van der Waals surface area contributed by atoms with Crippen molar-refractivity contribution in [3.63, 3.8) is 0 Å². The summed E-state index contributed by atoms with van der Waals surface area (Å²) in [5.41, 5.74) is 5.00. The van der Waals surface area contributed by atoms with Crippen molar-refractivity contribution < 1.29 is 19.8 Å². The highest BCUT2D eigenvalue weighted by molar-refractivity contribution is 14.0. The van der Waals surface area contributed by atoms with Gasteiger partial charge in [0.25, 0.3) is 0 Å². The van der Waals surface area contributed by atoms with Crippen molar-refractivity contribution in [2.75, 3.05) is 0 Å². The van der Waals surface area contributed by atoms with Gasteiger partial charge in [-0.15, -0.1) is 24.0 Å². The van der Waals surface area contributed by atoms with E-state index in [1.54, 1.807) is 0 Å². The largest absolute Gasteiger partial charge is 0.481 e. The van der Waals surface area contributed by atoms with Crippen molar-refractivity contribution in [3.8, 4) is 0 Å². The summed E-state index contributed by atoms with van der Waals surface area (Å²) in [5, 5.41) is 16.3. The smallest absolute Gasteiger partial charge is 0.320 e. The first-order valence-electron chi connectivity index (χ1n) is 2.74. The van der Waals surface area contributed by atoms with Gasteiger partial charge in [0.05, 0.1) is 0 Å². The Morgan fingerprint density at radius 2 is 1.82 bits per heavy atom. The van der Waals surface area contributed by atoms with E-state index in [4.69, 9.17) is 15.9 Å². The van der Waals surface area contributed by atoms with Crippen LogP contribution in [-0.2, 0) is 9.59 Å². The molecule has 66 valence electrons. The van der Waals surface area contributed by atoms with Gasteiger partial charge >= 0.3 is 11.9 Å². The van der Waals surface area contributed by atoms with Crippen LogP contribution in [0.2, 0.25) is 0 Å². The molecule has 0 heterocycles. The van der Waals surface area contributed by atoms with E-state index in [0.717, 1.165) is 0 Å². The molecule has 0 fully saturated rings. The average molecular weight is 275 g/mol. The predicted octanol–water partition coefficient (Wildman–Crippen LogP) is -0.119. The minimum Gasteiger partial charge on any atom is -0.481 e. The molecule has 0 aromatic rings. The number of carboxylic acid groups (broad SMARTS) is 2. The number of carbonyl (C=O) groups is 2. The standard InChI is InChI=1S/C5H9NO4.HI/c6-3(5(9)10)1-2-4(7)8;/h3H,1-2,6H2,(H,7,8)(H,9,10);1H/t3-;/m0./s1.